The number of halogens is 2. The molecule has 0 atom stereocenters. The zero-order valence-electron chi connectivity index (χ0n) is 9.73. The first kappa shape index (κ1) is 13.2. The number of rotatable bonds is 6. The van der Waals surface area contributed by atoms with E-state index in [0.717, 1.165) is 40.6 Å². The van der Waals surface area contributed by atoms with Gasteiger partial charge in [-0.3, -0.25) is 0 Å². The van der Waals surface area contributed by atoms with E-state index < -0.39 is 0 Å². The van der Waals surface area contributed by atoms with Crippen molar-refractivity contribution in [3.63, 3.8) is 0 Å². The van der Waals surface area contributed by atoms with E-state index in [-0.39, 0.29) is 0 Å². The average molecular weight is 272 g/mol. The van der Waals surface area contributed by atoms with Crippen LogP contribution in [-0.2, 0) is 13.0 Å². The van der Waals surface area contributed by atoms with E-state index in [1.807, 2.05) is 12.1 Å². The van der Waals surface area contributed by atoms with E-state index in [9.17, 15) is 0 Å². The van der Waals surface area contributed by atoms with Crippen LogP contribution in [0.1, 0.15) is 30.4 Å². The molecule has 0 spiro atoms. The third-order valence-corrected chi connectivity index (χ3v) is 3.60. The molecule has 1 aromatic rings. The molecule has 0 saturated heterocycles. The molecule has 1 radical (unpaired) electrons. The Kier molecular flexibility index (Phi) is 4.69. The van der Waals surface area contributed by atoms with E-state index in [4.69, 9.17) is 28.9 Å². The van der Waals surface area contributed by atoms with Crippen LogP contribution >= 0.6 is 23.2 Å². The van der Waals surface area contributed by atoms with Gasteiger partial charge in [0.05, 0.1) is 0 Å². The van der Waals surface area contributed by atoms with Crippen LogP contribution in [0.4, 0.5) is 0 Å². The molecule has 1 fully saturated rings. The molecule has 1 saturated carbocycles. The second kappa shape index (κ2) is 6.05. The van der Waals surface area contributed by atoms with Crippen molar-refractivity contribution < 1.29 is 0 Å². The Hall–Kier alpha value is -0.280. The highest BCUT2D eigenvalue weighted by Gasteiger charge is 2.21. The highest BCUT2D eigenvalue weighted by atomic mass is 35.5. The number of hydrogen-bond acceptors (Lipinski definition) is 2. The number of aryl methyl sites for hydroxylation is 1. The van der Waals surface area contributed by atoms with Crippen LogP contribution in [0.3, 0.4) is 0 Å². The minimum atomic E-state index is 0.676. The van der Waals surface area contributed by atoms with Gasteiger partial charge in [-0.2, -0.15) is 0 Å². The van der Waals surface area contributed by atoms with Crippen molar-refractivity contribution >= 4 is 23.2 Å². The Labute approximate surface area is 112 Å². The molecule has 0 aliphatic heterocycles. The summed E-state index contributed by atoms with van der Waals surface area (Å²) in [5.74, 6) is 0. The molecule has 0 amide bonds. The summed E-state index contributed by atoms with van der Waals surface area (Å²) in [7, 11) is 0. The largest absolute Gasteiger partial charge is 0.330 e. The third kappa shape index (κ3) is 3.85. The number of nitrogens with two attached hydrogens (primary N) is 1. The summed E-state index contributed by atoms with van der Waals surface area (Å²) in [4.78, 5) is 0. The second-order valence-electron chi connectivity index (χ2n) is 4.38. The lowest BCUT2D eigenvalue weighted by Crippen LogP contribution is -2.10. The fourth-order valence-corrected chi connectivity index (χ4v) is 2.24. The van der Waals surface area contributed by atoms with Gasteiger partial charge >= 0.3 is 0 Å². The van der Waals surface area contributed by atoms with Crippen molar-refractivity contribution in [3.8, 4) is 0 Å². The molecule has 0 unspecified atom stereocenters. The van der Waals surface area contributed by atoms with Crippen molar-refractivity contribution in [3.05, 3.63) is 39.3 Å². The maximum atomic E-state index is 6.25. The Morgan fingerprint density at radius 3 is 2.41 bits per heavy atom. The van der Waals surface area contributed by atoms with Crippen molar-refractivity contribution in [1.82, 2.24) is 5.32 Å². The van der Waals surface area contributed by atoms with Crippen LogP contribution in [-0.4, -0.2) is 6.54 Å². The van der Waals surface area contributed by atoms with Crippen LogP contribution in [0, 0.1) is 6.04 Å². The molecule has 17 heavy (non-hydrogen) atoms. The molecule has 93 valence electrons. The van der Waals surface area contributed by atoms with Crippen LogP contribution in [0.5, 0.6) is 0 Å². The summed E-state index contributed by atoms with van der Waals surface area (Å²) in [6.07, 6.45) is 4.21. The Bertz CT molecular complexity index is 389. The summed E-state index contributed by atoms with van der Waals surface area (Å²) in [6.45, 7) is 1.45. The second-order valence-corrected chi connectivity index (χ2v) is 5.20. The van der Waals surface area contributed by atoms with Gasteiger partial charge in [0.1, 0.15) is 0 Å². The Balaban J connectivity index is 2.03. The summed E-state index contributed by atoms with van der Waals surface area (Å²) < 4.78 is 0. The highest BCUT2D eigenvalue weighted by molar-refractivity contribution is 6.34. The normalized spacial score (nSPS) is 15.2. The maximum absolute atomic E-state index is 6.25. The molecular formula is C13H17Cl2N2. The van der Waals surface area contributed by atoms with Crippen LogP contribution in [0.15, 0.2) is 12.1 Å². The standard InChI is InChI=1S/C13H17Cl2N2/c14-12-7-10(8-17-11-3-4-11)13(15)6-9(12)2-1-5-16/h6-7,17H,1-5,8,16H2. The van der Waals surface area contributed by atoms with Gasteiger partial charge in [-0.05, 0) is 55.5 Å². The molecular weight excluding hydrogens is 255 g/mol. The molecule has 0 heterocycles. The Morgan fingerprint density at radius 2 is 1.76 bits per heavy atom. The molecule has 1 aliphatic rings. The first-order valence-electron chi connectivity index (χ1n) is 5.96. The lowest BCUT2D eigenvalue weighted by molar-refractivity contribution is 0.782. The fraction of sp³-hybridized carbons (Fsp3) is 0.462. The molecule has 2 nitrogen and oxygen atoms in total. The van der Waals surface area contributed by atoms with Crippen LogP contribution in [0.25, 0.3) is 0 Å². The molecule has 1 aromatic carbocycles. The molecule has 4 heteroatoms. The van der Waals surface area contributed by atoms with E-state index >= 15 is 0 Å². The topological polar surface area (TPSA) is 38.0 Å². The quantitative estimate of drug-likeness (QED) is 0.833. The number of benzene rings is 1. The summed E-state index contributed by atoms with van der Waals surface area (Å²) >= 11 is 12.5. The summed E-state index contributed by atoms with van der Waals surface area (Å²) in [5.41, 5.74) is 7.64. The van der Waals surface area contributed by atoms with E-state index in [2.05, 4.69) is 5.32 Å². The first-order valence-corrected chi connectivity index (χ1v) is 6.71. The monoisotopic (exact) mass is 271 g/mol. The molecule has 1 aliphatic carbocycles. The third-order valence-electron chi connectivity index (χ3n) is 2.89. The smallest absolute Gasteiger partial charge is 0.0454 e. The SMILES string of the molecule is NCCCc1cc(Cl)c(CN[C]2CC2)cc1Cl. The van der Waals surface area contributed by atoms with Crippen molar-refractivity contribution in [1.29, 1.82) is 0 Å². The molecule has 2 rings (SSSR count). The number of hydrogen-bond donors (Lipinski definition) is 2. The Morgan fingerprint density at radius 1 is 1.12 bits per heavy atom. The highest BCUT2D eigenvalue weighted by Crippen LogP contribution is 2.30. The van der Waals surface area contributed by atoms with Crippen LogP contribution < -0.4 is 11.1 Å². The summed E-state index contributed by atoms with van der Waals surface area (Å²) in [6, 6.07) is 5.34. The van der Waals surface area contributed by atoms with E-state index in [1.165, 1.54) is 18.9 Å². The minimum Gasteiger partial charge on any atom is -0.330 e. The van der Waals surface area contributed by atoms with Crippen molar-refractivity contribution in [2.45, 2.75) is 32.2 Å². The predicted molar refractivity (Wildman–Crippen MR) is 73.2 cm³/mol. The fourth-order valence-electron chi connectivity index (χ4n) is 1.71. The molecule has 3 N–H and O–H groups in total. The van der Waals surface area contributed by atoms with E-state index in [0.29, 0.717) is 6.54 Å². The predicted octanol–water partition coefficient (Wildman–Crippen LogP) is 3.30. The van der Waals surface area contributed by atoms with Gasteiger partial charge in [0, 0.05) is 22.6 Å². The van der Waals surface area contributed by atoms with Crippen LogP contribution in [0.2, 0.25) is 10.0 Å². The molecule has 0 bridgehead atoms. The maximum Gasteiger partial charge on any atom is 0.0454 e. The zero-order chi connectivity index (χ0) is 12.3. The van der Waals surface area contributed by atoms with Crippen molar-refractivity contribution in [2.75, 3.05) is 6.54 Å². The minimum absolute atomic E-state index is 0.676. The van der Waals surface area contributed by atoms with Gasteiger partial charge in [-0.15, -0.1) is 0 Å². The van der Waals surface area contributed by atoms with Gasteiger partial charge in [0.25, 0.3) is 0 Å². The lowest BCUT2D eigenvalue weighted by atomic mass is 10.1. The van der Waals surface area contributed by atoms with Crippen molar-refractivity contribution in [2.24, 2.45) is 5.73 Å². The van der Waals surface area contributed by atoms with Gasteiger partial charge in [-0.25, -0.2) is 0 Å². The van der Waals surface area contributed by atoms with Gasteiger partial charge in [0.2, 0.25) is 0 Å². The lowest BCUT2D eigenvalue weighted by Gasteiger charge is -2.10. The zero-order valence-corrected chi connectivity index (χ0v) is 11.2. The number of nitrogens with one attached hydrogen (secondary N) is 1. The first-order chi connectivity index (χ1) is 8.20. The molecule has 0 aromatic heterocycles. The average Bonchev–Trinajstić information content (AvgIpc) is 3.12. The van der Waals surface area contributed by atoms with E-state index in [1.54, 1.807) is 0 Å². The van der Waals surface area contributed by atoms with Gasteiger partial charge in [-0.1, -0.05) is 23.2 Å². The van der Waals surface area contributed by atoms with Gasteiger partial charge < -0.3 is 11.1 Å². The van der Waals surface area contributed by atoms with Gasteiger partial charge in [0.15, 0.2) is 0 Å². The summed E-state index contributed by atoms with van der Waals surface area (Å²) in [5, 5.41) is 4.94.